The first-order chi connectivity index (χ1) is 17.5. The van der Waals surface area contributed by atoms with E-state index in [0.717, 1.165) is 6.42 Å². The molecule has 0 saturated heterocycles. The number of carbonyl (C=O) groups excluding carboxylic acids is 1. The minimum atomic E-state index is -3.94. The molecule has 0 unspecified atom stereocenters. The zero-order valence-electron chi connectivity index (χ0n) is 22.2. The first-order valence-electron chi connectivity index (χ1n) is 12.6. The Hall–Kier alpha value is -2.93. The lowest BCUT2D eigenvalue weighted by molar-refractivity contribution is -0.130. The van der Waals surface area contributed by atoms with E-state index in [1.54, 1.807) is 49.3 Å². The largest absolute Gasteiger partial charge is 0.487 e. The normalized spacial score (nSPS) is 20.0. The molecule has 0 fully saturated rings. The number of pyridine rings is 1. The standard InChI is InChI=1S/C28H37N3O5S/c1-20(2)9-8-10-23-12-13-27-25(15-23)36-26(21(3)17-31(22(4)19-32)37(27,34)35)18-30(5)28(33)16-24-11-6-7-14-29-24/h6-7,11-15,20-22,26,32H,9,16-19H2,1-5H3/t21-,22-,26-/m1/s1. The van der Waals surface area contributed by atoms with Crippen LogP contribution in [0.15, 0.2) is 47.5 Å². The van der Waals surface area contributed by atoms with Crippen molar-refractivity contribution in [3.8, 4) is 17.6 Å². The van der Waals surface area contributed by atoms with E-state index < -0.39 is 22.2 Å². The van der Waals surface area contributed by atoms with E-state index in [9.17, 15) is 18.3 Å². The van der Waals surface area contributed by atoms with Gasteiger partial charge in [-0.1, -0.05) is 38.7 Å². The number of likely N-dealkylation sites (N-methyl/N-ethyl adjacent to an activating group) is 1. The molecular weight excluding hydrogens is 490 g/mol. The van der Waals surface area contributed by atoms with E-state index in [4.69, 9.17) is 4.74 Å². The minimum absolute atomic E-state index is 0.0292. The van der Waals surface area contributed by atoms with Crippen LogP contribution >= 0.6 is 0 Å². The molecule has 0 spiro atoms. The number of hydrogen-bond acceptors (Lipinski definition) is 6. The molecule has 1 amide bonds. The van der Waals surface area contributed by atoms with Crippen LogP contribution in [0.4, 0.5) is 0 Å². The molecule has 9 heteroatoms. The van der Waals surface area contributed by atoms with E-state index in [1.165, 1.54) is 10.4 Å². The highest BCUT2D eigenvalue weighted by molar-refractivity contribution is 7.89. The van der Waals surface area contributed by atoms with Crippen LogP contribution in [0.2, 0.25) is 0 Å². The van der Waals surface area contributed by atoms with Crippen molar-refractivity contribution >= 4 is 15.9 Å². The Morgan fingerprint density at radius 3 is 2.68 bits per heavy atom. The van der Waals surface area contributed by atoms with Crippen LogP contribution < -0.4 is 4.74 Å². The van der Waals surface area contributed by atoms with Crippen LogP contribution in [0.25, 0.3) is 0 Å². The van der Waals surface area contributed by atoms with Gasteiger partial charge in [0.05, 0.1) is 19.6 Å². The molecule has 1 aromatic carbocycles. The topological polar surface area (TPSA) is 100 Å². The van der Waals surface area contributed by atoms with Crippen molar-refractivity contribution in [2.75, 3.05) is 26.7 Å². The maximum Gasteiger partial charge on any atom is 0.247 e. The maximum atomic E-state index is 13.6. The van der Waals surface area contributed by atoms with Gasteiger partial charge in [0.15, 0.2) is 0 Å². The Morgan fingerprint density at radius 2 is 2.03 bits per heavy atom. The van der Waals surface area contributed by atoms with Crippen LogP contribution in [0.5, 0.6) is 5.75 Å². The number of aliphatic hydroxyl groups is 1. The number of fused-ring (bicyclic) bond motifs is 1. The van der Waals surface area contributed by atoms with E-state index in [1.807, 2.05) is 13.0 Å². The van der Waals surface area contributed by atoms with E-state index in [0.29, 0.717) is 17.2 Å². The van der Waals surface area contributed by atoms with Crippen molar-refractivity contribution in [3.63, 3.8) is 0 Å². The summed E-state index contributed by atoms with van der Waals surface area (Å²) in [6, 6.07) is 9.68. The van der Waals surface area contributed by atoms with Crippen molar-refractivity contribution in [1.29, 1.82) is 0 Å². The second-order valence-electron chi connectivity index (χ2n) is 10.1. The first kappa shape index (κ1) is 28.6. The summed E-state index contributed by atoms with van der Waals surface area (Å²) in [5.74, 6) is 6.47. The fourth-order valence-corrected chi connectivity index (χ4v) is 5.87. The van der Waals surface area contributed by atoms with Gasteiger partial charge in [-0.2, -0.15) is 4.31 Å². The lowest BCUT2D eigenvalue weighted by Crippen LogP contribution is -2.50. The molecular formula is C28H37N3O5S. The van der Waals surface area contributed by atoms with Crippen LogP contribution in [0, 0.1) is 23.7 Å². The van der Waals surface area contributed by atoms with Gasteiger partial charge in [0.1, 0.15) is 16.7 Å². The summed E-state index contributed by atoms with van der Waals surface area (Å²) in [5.41, 5.74) is 1.33. The zero-order valence-corrected chi connectivity index (χ0v) is 23.0. The molecule has 200 valence electrons. The number of rotatable bonds is 7. The second kappa shape index (κ2) is 12.5. The average Bonchev–Trinajstić information content (AvgIpc) is 2.86. The highest BCUT2D eigenvalue weighted by Gasteiger charge is 2.38. The van der Waals surface area contributed by atoms with Gasteiger partial charge < -0.3 is 14.7 Å². The van der Waals surface area contributed by atoms with Crippen molar-refractivity contribution in [2.24, 2.45) is 11.8 Å². The number of amides is 1. The molecule has 0 aliphatic carbocycles. The lowest BCUT2D eigenvalue weighted by atomic mass is 10.0. The van der Waals surface area contributed by atoms with E-state index in [2.05, 4.69) is 30.7 Å². The minimum Gasteiger partial charge on any atom is -0.487 e. The number of sulfonamides is 1. The van der Waals surface area contributed by atoms with Crippen molar-refractivity contribution in [1.82, 2.24) is 14.2 Å². The van der Waals surface area contributed by atoms with Gasteiger partial charge in [-0.3, -0.25) is 9.78 Å². The Bertz CT molecular complexity index is 1240. The summed E-state index contributed by atoms with van der Waals surface area (Å²) < 4.78 is 34.9. The monoisotopic (exact) mass is 527 g/mol. The van der Waals surface area contributed by atoms with Gasteiger partial charge >= 0.3 is 0 Å². The molecule has 2 heterocycles. The SMILES string of the molecule is CC(C)CC#Cc1ccc2c(c1)O[C@H](CN(C)C(=O)Cc1ccccn1)[C@H](C)CN([C@H](C)CO)S2(=O)=O. The molecule has 3 atom stereocenters. The smallest absolute Gasteiger partial charge is 0.247 e. The van der Waals surface area contributed by atoms with Crippen LogP contribution in [0.3, 0.4) is 0 Å². The number of ether oxygens (including phenoxy) is 1. The van der Waals surface area contributed by atoms with Crippen LogP contribution in [-0.4, -0.2) is 72.5 Å². The van der Waals surface area contributed by atoms with E-state index in [-0.39, 0.29) is 48.6 Å². The van der Waals surface area contributed by atoms with Gasteiger partial charge in [-0.15, -0.1) is 0 Å². The third-order valence-electron chi connectivity index (χ3n) is 6.35. The van der Waals surface area contributed by atoms with Gasteiger partial charge in [0, 0.05) is 49.4 Å². The van der Waals surface area contributed by atoms with Crippen molar-refractivity contribution in [3.05, 3.63) is 53.9 Å². The fourth-order valence-electron chi connectivity index (χ4n) is 4.04. The third kappa shape index (κ3) is 7.31. The molecule has 3 rings (SSSR count). The van der Waals surface area contributed by atoms with Crippen molar-refractivity contribution < 1.29 is 23.1 Å². The van der Waals surface area contributed by atoms with E-state index >= 15 is 0 Å². The van der Waals surface area contributed by atoms with Crippen LogP contribution in [-0.2, 0) is 21.2 Å². The molecule has 1 aromatic heterocycles. The number of nitrogens with zero attached hydrogens (tertiary/aromatic N) is 3. The summed E-state index contributed by atoms with van der Waals surface area (Å²) in [4.78, 5) is 18.8. The fraction of sp³-hybridized carbons (Fsp3) is 0.500. The molecule has 0 radical (unpaired) electrons. The summed E-state index contributed by atoms with van der Waals surface area (Å²) >= 11 is 0. The maximum absolute atomic E-state index is 13.6. The summed E-state index contributed by atoms with van der Waals surface area (Å²) in [6.45, 7) is 7.83. The molecule has 1 aliphatic rings. The molecule has 8 nitrogen and oxygen atoms in total. The Kier molecular flexibility index (Phi) is 9.71. The number of aliphatic hydroxyl groups excluding tert-OH is 1. The average molecular weight is 528 g/mol. The molecule has 0 saturated carbocycles. The number of carbonyl (C=O) groups is 1. The van der Waals surface area contributed by atoms with Crippen molar-refractivity contribution in [2.45, 2.75) is 57.6 Å². The highest BCUT2D eigenvalue weighted by Crippen LogP contribution is 2.34. The zero-order chi connectivity index (χ0) is 27.2. The van der Waals surface area contributed by atoms with Gasteiger partial charge in [0.2, 0.25) is 15.9 Å². The molecule has 2 aromatic rings. The summed E-state index contributed by atoms with van der Waals surface area (Å²) in [5, 5.41) is 9.81. The highest BCUT2D eigenvalue weighted by atomic mass is 32.2. The third-order valence-corrected chi connectivity index (χ3v) is 8.37. The quantitative estimate of drug-likeness (QED) is 0.556. The lowest BCUT2D eigenvalue weighted by Gasteiger charge is -2.37. The molecule has 0 bridgehead atoms. The van der Waals surface area contributed by atoms with Gasteiger partial charge in [-0.05, 0) is 43.2 Å². The van der Waals surface area contributed by atoms with Gasteiger partial charge in [0.25, 0.3) is 0 Å². The summed E-state index contributed by atoms with van der Waals surface area (Å²) in [7, 11) is -2.23. The predicted molar refractivity (Wildman–Crippen MR) is 142 cm³/mol. The van der Waals surface area contributed by atoms with Gasteiger partial charge in [-0.25, -0.2) is 8.42 Å². The first-order valence-corrected chi connectivity index (χ1v) is 14.0. The Morgan fingerprint density at radius 1 is 1.27 bits per heavy atom. The Labute approximate surface area is 220 Å². The Balaban J connectivity index is 1.95. The van der Waals surface area contributed by atoms with Crippen LogP contribution in [0.1, 0.15) is 45.4 Å². The predicted octanol–water partition coefficient (Wildman–Crippen LogP) is 2.95. The number of hydrogen-bond donors (Lipinski definition) is 1. The molecule has 1 aliphatic heterocycles. The molecule has 1 N–H and O–H groups in total. The molecule has 37 heavy (non-hydrogen) atoms. The number of benzene rings is 1. The summed E-state index contributed by atoms with van der Waals surface area (Å²) in [6.07, 6.45) is 2.05. The number of aromatic nitrogens is 1. The second-order valence-corrected chi connectivity index (χ2v) is 11.9.